The highest BCUT2D eigenvalue weighted by molar-refractivity contribution is 7.16. The predicted molar refractivity (Wildman–Crippen MR) is 112 cm³/mol. The molecule has 1 aromatic heterocycles. The molecule has 0 bridgehead atoms. The number of ether oxygens (including phenoxy) is 1. The maximum atomic E-state index is 12.3. The number of hydrogen-bond acceptors (Lipinski definition) is 4. The van der Waals surface area contributed by atoms with Crippen molar-refractivity contribution in [1.82, 2.24) is 4.98 Å². The molecule has 2 aromatic carbocycles. The molecule has 1 N–H and O–H groups in total. The molecule has 0 atom stereocenters. The molecule has 7 heteroatoms. The van der Waals surface area contributed by atoms with Crippen molar-refractivity contribution in [2.45, 2.75) is 20.3 Å². The first-order chi connectivity index (χ1) is 13.0. The molecule has 3 rings (SSSR count). The lowest BCUT2D eigenvalue weighted by atomic mass is 10.1. The number of hydrogen-bond donors (Lipinski definition) is 1. The number of carbonyl (C=O) groups excluding carboxylic acids is 1. The monoisotopic (exact) mass is 420 g/mol. The van der Waals surface area contributed by atoms with Crippen LogP contribution in [0.15, 0.2) is 42.5 Å². The number of benzene rings is 2. The van der Waals surface area contributed by atoms with E-state index < -0.39 is 0 Å². The average Bonchev–Trinajstić information content (AvgIpc) is 2.98. The van der Waals surface area contributed by atoms with Crippen LogP contribution in [0, 0.1) is 6.92 Å². The SMILES string of the molecule is CCOc1ccc(-c2nc(NC(=O)Cc3ccc(Cl)cc3Cl)sc2C)cc1. The molecule has 3 aromatic rings. The van der Waals surface area contributed by atoms with E-state index in [1.807, 2.05) is 38.1 Å². The Morgan fingerprint density at radius 3 is 2.59 bits per heavy atom. The number of halogens is 2. The molecule has 140 valence electrons. The zero-order valence-corrected chi connectivity index (χ0v) is 17.2. The summed E-state index contributed by atoms with van der Waals surface area (Å²) in [7, 11) is 0. The largest absolute Gasteiger partial charge is 0.494 e. The van der Waals surface area contributed by atoms with Gasteiger partial charge in [-0.2, -0.15) is 0 Å². The highest BCUT2D eigenvalue weighted by Gasteiger charge is 2.14. The number of carbonyl (C=O) groups is 1. The minimum atomic E-state index is -0.175. The van der Waals surface area contributed by atoms with E-state index in [0.29, 0.717) is 21.8 Å². The van der Waals surface area contributed by atoms with Crippen molar-refractivity contribution in [2.75, 3.05) is 11.9 Å². The van der Waals surface area contributed by atoms with Gasteiger partial charge in [0.2, 0.25) is 5.91 Å². The molecular weight excluding hydrogens is 403 g/mol. The van der Waals surface area contributed by atoms with Crippen LogP contribution in [0.2, 0.25) is 10.0 Å². The summed E-state index contributed by atoms with van der Waals surface area (Å²) in [6.45, 7) is 4.56. The molecule has 0 fully saturated rings. The van der Waals surface area contributed by atoms with Gasteiger partial charge in [-0.3, -0.25) is 4.79 Å². The van der Waals surface area contributed by atoms with Crippen LogP contribution >= 0.6 is 34.5 Å². The van der Waals surface area contributed by atoms with E-state index in [-0.39, 0.29) is 12.3 Å². The van der Waals surface area contributed by atoms with Crippen LogP contribution in [0.5, 0.6) is 5.75 Å². The lowest BCUT2D eigenvalue weighted by molar-refractivity contribution is -0.115. The van der Waals surface area contributed by atoms with Crippen molar-refractivity contribution in [3.8, 4) is 17.0 Å². The lowest BCUT2D eigenvalue weighted by Crippen LogP contribution is -2.14. The van der Waals surface area contributed by atoms with E-state index in [4.69, 9.17) is 27.9 Å². The Hall–Kier alpha value is -2.08. The van der Waals surface area contributed by atoms with E-state index in [1.54, 1.807) is 18.2 Å². The van der Waals surface area contributed by atoms with Gasteiger partial charge in [0.05, 0.1) is 18.7 Å². The summed E-state index contributed by atoms with van der Waals surface area (Å²) in [4.78, 5) is 17.9. The van der Waals surface area contributed by atoms with E-state index in [2.05, 4.69) is 10.3 Å². The van der Waals surface area contributed by atoms with Gasteiger partial charge in [-0.1, -0.05) is 29.3 Å². The van der Waals surface area contributed by atoms with Gasteiger partial charge in [0.25, 0.3) is 0 Å². The fourth-order valence-electron chi connectivity index (χ4n) is 2.59. The van der Waals surface area contributed by atoms with Crippen LogP contribution in [-0.4, -0.2) is 17.5 Å². The number of amides is 1. The van der Waals surface area contributed by atoms with Gasteiger partial charge in [-0.25, -0.2) is 4.98 Å². The summed E-state index contributed by atoms with van der Waals surface area (Å²) in [5.41, 5.74) is 2.55. The van der Waals surface area contributed by atoms with Crippen molar-refractivity contribution in [2.24, 2.45) is 0 Å². The second-order valence-corrected chi connectivity index (χ2v) is 7.89. The van der Waals surface area contributed by atoms with Crippen LogP contribution in [0.25, 0.3) is 11.3 Å². The fourth-order valence-corrected chi connectivity index (χ4v) is 3.92. The molecule has 0 unspecified atom stereocenters. The van der Waals surface area contributed by atoms with Crippen molar-refractivity contribution in [1.29, 1.82) is 0 Å². The van der Waals surface area contributed by atoms with E-state index in [0.717, 1.165) is 27.4 Å². The molecular formula is C20H18Cl2N2O2S. The quantitative estimate of drug-likeness (QED) is 0.531. The normalized spacial score (nSPS) is 10.7. The second kappa shape index (κ2) is 8.74. The van der Waals surface area contributed by atoms with Crippen LogP contribution in [0.1, 0.15) is 17.4 Å². The van der Waals surface area contributed by atoms with Gasteiger partial charge >= 0.3 is 0 Å². The summed E-state index contributed by atoms with van der Waals surface area (Å²) in [5, 5.41) is 4.43. The molecule has 0 aliphatic carbocycles. The van der Waals surface area contributed by atoms with Crippen LogP contribution in [0.3, 0.4) is 0 Å². The van der Waals surface area contributed by atoms with Gasteiger partial charge in [0.15, 0.2) is 5.13 Å². The lowest BCUT2D eigenvalue weighted by Gasteiger charge is -2.05. The number of aryl methyl sites for hydroxylation is 1. The average molecular weight is 421 g/mol. The minimum absolute atomic E-state index is 0.160. The van der Waals surface area contributed by atoms with Crippen molar-refractivity contribution >= 4 is 45.6 Å². The highest BCUT2D eigenvalue weighted by Crippen LogP contribution is 2.31. The summed E-state index contributed by atoms with van der Waals surface area (Å²) in [5.74, 6) is 0.647. The first-order valence-corrected chi connectivity index (χ1v) is 9.98. The second-order valence-electron chi connectivity index (χ2n) is 5.84. The topological polar surface area (TPSA) is 51.2 Å². The van der Waals surface area contributed by atoms with Crippen molar-refractivity contribution in [3.63, 3.8) is 0 Å². The Kier molecular flexibility index (Phi) is 6.37. The van der Waals surface area contributed by atoms with Crippen LogP contribution < -0.4 is 10.1 Å². The van der Waals surface area contributed by atoms with E-state index >= 15 is 0 Å². The first-order valence-electron chi connectivity index (χ1n) is 8.40. The number of anilines is 1. The van der Waals surface area contributed by atoms with Gasteiger partial charge in [-0.15, -0.1) is 11.3 Å². The highest BCUT2D eigenvalue weighted by atomic mass is 35.5. The van der Waals surface area contributed by atoms with Gasteiger partial charge in [0, 0.05) is 20.5 Å². The molecule has 4 nitrogen and oxygen atoms in total. The molecule has 0 saturated carbocycles. The number of nitrogens with one attached hydrogen (secondary N) is 1. The fraction of sp³-hybridized carbons (Fsp3) is 0.200. The molecule has 0 spiro atoms. The Bertz CT molecular complexity index is 955. The summed E-state index contributed by atoms with van der Waals surface area (Å²) in [6, 6.07) is 12.9. The van der Waals surface area contributed by atoms with Gasteiger partial charge in [0.1, 0.15) is 5.75 Å². The summed E-state index contributed by atoms with van der Waals surface area (Å²) in [6.07, 6.45) is 0.160. The number of aromatic nitrogens is 1. The number of rotatable bonds is 6. The van der Waals surface area contributed by atoms with Gasteiger partial charge in [-0.05, 0) is 55.8 Å². The minimum Gasteiger partial charge on any atom is -0.494 e. The maximum Gasteiger partial charge on any atom is 0.230 e. The molecule has 0 radical (unpaired) electrons. The Morgan fingerprint density at radius 2 is 1.93 bits per heavy atom. The first kappa shape index (κ1) is 19.7. The number of thiazole rings is 1. The zero-order valence-electron chi connectivity index (χ0n) is 14.9. The summed E-state index contributed by atoms with van der Waals surface area (Å²) >= 11 is 13.5. The van der Waals surface area contributed by atoms with E-state index in [9.17, 15) is 4.79 Å². The molecule has 0 aliphatic rings. The summed E-state index contributed by atoms with van der Waals surface area (Å²) < 4.78 is 5.46. The van der Waals surface area contributed by atoms with Crippen LogP contribution in [-0.2, 0) is 11.2 Å². The molecule has 1 heterocycles. The molecule has 0 saturated heterocycles. The Balaban J connectivity index is 1.71. The predicted octanol–water partition coefficient (Wildman–Crippen LogP) is 6.01. The number of nitrogens with zero attached hydrogens (tertiary/aromatic N) is 1. The van der Waals surface area contributed by atoms with Gasteiger partial charge < -0.3 is 10.1 Å². The van der Waals surface area contributed by atoms with Crippen molar-refractivity contribution in [3.05, 3.63) is 63.0 Å². The smallest absolute Gasteiger partial charge is 0.230 e. The maximum absolute atomic E-state index is 12.3. The third-order valence-electron chi connectivity index (χ3n) is 3.85. The molecule has 0 aliphatic heterocycles. The van der Waals surface area contributed by atoms with Crippen LogP contribution in [0.4, 0.5) is 5.13 Å². The Morgan fingerprint density at radius 1 is 1.19 bits per heavy atom. The zero-order chi connectivity index (χ0) is 19.4. The van der Waals surface area contributed by atoms with Crippen molar-refractivity contribution < 1.29 is 9.53 Å². The third-order valence-corrected chi connectivity index (χ3v) is 5.32. The molecule has 1 amide bonds. The third kappa shape index (κ3) is 5.01. The molecule has 27 heavy (non-hydrogen) atoms. The van der Waals surface area contributed by atoms with E-state index in [1.165, 1.54) is 11.3 Å². The Labute approximate surface area is 172 Å². The standard InChI is InChI=1S/C20H18Cl2N2O2S/c1-3-26-16-8-5-13(6-9-16)19-12(2)27-20(24-19)23-18(25)10-14-4-7-15(21)11-17(14)22/h4-9,11H,3,10H2,1-2H3,(H,23,24,25).